The highest BCUT2D eigenvalue weighted by Crippen LogP contribution is 2.12. The Morgan fingerprint density at radius 3 is 2.82 bits per heavy atom. The molecule has 2 rings (SSSR count). The lowest BCUT2D eigenvalue weighted by molar-refractivity contribution is 0.360. The third kappa shape index (κ3) is 3.14. The maximum atomic E-state index is 5.65. The monoisotopic (exact) mass is 235 g/mol. The number of anilines is 1. The standard InChI is InChI=1S/C12H21N5/c1-10-8-11(9-13)15-12(14-10)17-5-3-4-16(2)6-7-17/h8H,3-7,9,13H2,1-2H3. The van der Waals surface area contributed by atoms with Gasteiger partial charge in [-0.05, 0) is 33.0 Å². The fourth-order valence-electron chi connectivity index (χ4n) is 2.11. The van der Waals surface area contributed by atoms with Crippen LogP contribution in [0.2, 0.25) is 0 Å². The molecule has 0 amide bonds. The summed E-state index contributed by atoms with van der Waals surface area (Å²) in [7, 11) is 2.16. The number of aryl methyl sites for hydroxylation is 1. The summed E-state index contributed by atoms with van der Waals surface area (Å²) in [6, 6.07) is 1.95. The molecule has 1 saturated heterocycles. The van der Waals surface area contributed by atoms with Crippen LogP contribution in [0.3, 0.4) is 0 Å². The van der Waals surface area contributed by atoms with Gasteiger partial charge in [0.2, 0.25) is 5.95 Å². The van der Waals surface area contributed by atoms with E-state index in [2.05, 4.69) is 26.8 Å². The molecule has 0 aromatic carbocycles. The summed E-state index contributed by atoms with van der Waals surface area (Å²) in [6.07, 6.45) is 1.16. The Hall–Kier alpha value is -1.20. The van der Waals surface area contributed by atoms with Crippen LogP contribution in [0.1, 0.15) is 17.8 Å². The van der Waals surface area contributed by atoms with Crippen molar-refractivity contribution in [1.82, 2.24) is 14.9 Å². The lowest BCUT2D eigenvalue weighted by Gasteiger charge is -2.21. The number of nitrogens with two attached hydrogens (primary N) is 1. The van der Waals surface area contributed by atoms with E-state index in [-0.39, 0.29) is 0 Å². The number of hydrogen-bond donors (Lipinski definition) is 1. The molecule has 1 aliphatic heterocycles. The van der Waals surface area contributed by atoms with Crippen molar-refractivity contribution in [2.24, 2.45) is 5.73 Å². The molecule has 0 bridgehead atoms. The van der Waals surface area contributed by atoms with Crippen molar-refractivity contribution in [3.05, 3.63) is 17.5 Å². The zero-order valence-corrected chi connectivity index (χ0v) is 10.7. The van der Waals surface area contributed by atoms with Crippen LogP contribution in [0.15, 0.2) is 6.07 Å². The average molecular weight is 235 g/mol. The molecule has 2 heterocycles. The van der Waals surface area contributed by atoms with Crippen molar-refractivity contribution in [1.29, 1.82) is 0 Å². The van der Waals surface area contributed by atoms with Crippen LogP contribution in [0.4, 0.5) is 5.95 Å². The smallest absolute Gasteiger partial charge is 0.225 e. The van der Waals surface area contributed by atoms with Crippen molar-refractivity contribution in [2.75, 3.05) is 38.1 Å². The highest BCUT2D eigenvalue weighted by molar-refractivity contribution is 5.32. The number of likely N-dealkylation sites (N-methyl/N-ethyl adjacent to an activating group) is 1. The van der Waals surface area contributed by atoms with Crippen LogP contribution < -0.4 is 10.6 Å². The van der Waals surface area contributed by atoms with Gasteiger partial charge in [-0.15, -0.1) is 0 Å². The lowest BCUT2D eigenvalue weighted by Crippen LogP contribution is -2.30. The second-order valence-electron chi connectivity index (χ2n) is 4.65. The fraction of sp³-hybridized carbons (Fsp3) is 0.667. The molecule has 1 aliphatic rings. The molecule has 1 aromatic rings. The average Bonchev–Trinajstić information content (AvgIpc) is 2.53. The molecule has 0 unspecified atom stereocenters. The highest BCUT2D eigenvalue weighted by atomic mass is 15.3. The van der Waals surface area contributed by atoms with E-state index in [9.17, 15) is 0 Å². The summed E-state index contributed by atoms with van der Waals surface area (Å²) < 4.78 is 0. The molecular formula is C12H21N5. The Morgan fingerprint density at radius 2 is 2.06 bits per heavy atom. The summed E-state index contributed by atoms with van der Waals surface area (Å²) in [6.45, 7) is 6.70. The molecule has 17 heavy (non-hydrogen) atoms. The highest BCUT2D eigenvalue weighted by Gasteiger charge is 2.15. The van der Waals surface area contributed by atoms with Crippen LogP contribution in [0, 0.1) is 6.92 Å². The molecule has 5 heteroatoms. The zero-order valence-electron chi connectivity index (χ0n) is 10.7. The number of aromatic nitrogens is 2. The first kappa shape index (κ1) is 12.3. The summed E-state index contributed by atoms with van der Waals surface area (Å²) in [5, 5.41) is 0. The van der Waals surface area contributed by atoms with Gasteiger partial charge in [0.25, 0.3) is 0 Å². The molecule has 0 aliphatic carbocycles. The van der Waals surface area contributed by atoms with Crippen LogP contribution in [-0.2, 0) is 6.54 Å². The Labute approximate surface area is 103 Å². The summed E-state index contributed by atoms with van der Waals surface area (Å²) in [5.74, 6) is 0.834. The first-order valence-corrected chi connectivity index (χ1v) is 6.17. The van der Waals surface area contributed by atoms with Crippen molar-refractivity contribution in [3.63, 3.8) is 0 Å². The van der Waals surface area contributed by atoms with E-state index in [0.717, 1.165) is 49.9 Å². The number of nitrogens with zero attached hydrogens (tertiary/aromatic N) is 4. The van der Waals surface area contributed by atoms with Gasteiger partial charge in [-0.25, -0.2) is 9.97 Å². The molecule has 1 fully saturated rings. The summed E-state index contributed by atoms with van der Waals surface area (Å²) >= 11 is 0. The minimum absolute atomic E-state index is 0.476. The van der Waals surface area contributed by atoms with E-state index in [1.165, 1.54) is 0 Å². The van der Waals surface area contributed by atoms with Crippen molar-refractivity contribution in [2.45, 2.75) is 19.9 Å². The third-order valence-corrected chi connectivity index (χ3v) is 3.11. The van der Waals surface area contributed by atoms with E-state index in [1.54, 1.807) is 0 Å². The largest absolute Gasteiger partial charge is 0.339 e. The van der Waals surface area contributed by atoms with Gasteiger partial charge in [0.15, 0.2) is 0 Å². The zero-order chi connectivity index (χ0) is 12.3. The predicted octanol–water partition coefficient (Wildman–Crippen LogP) is 0.386. The van der Waals surface area contributed by atoms with Crippen LogP contribution in [-0.4, -0.2) is 48.1 Å². The number of hydrogen-bond acceptors (Lipinski definition) is 5. The van der Waals surface area contributed by atoms with Gasteiger partial charge >= 0.3 is 0 Å². The molecule has 0 radical (unpaired) electrons. The fourth-order valence-corrected chi connectivity index (χ4v) is 2.11. The van der Waals surface area contributed by atoms with E-state index in [1.807, 2.05) is 13.0 Å². The van der Waals surface area contributed by atoms with Crippen molar-refractivity contribution < 1.29 is 0 Å². The van der Waals surface area contributed by atoms with Crippen LogP contribution in [0.25, 0.3) is 0 Å². The second kappa shape index (κ2) is 5.42. The number of rotatable bonds is 2. The normalized spacial score (nSPS) is 18.2. The molecule has 1 aromatic heterocycles. The maximum Gasteiger partial charge on any atom is 0.225 e. The van der Waals surface area contributed by atoms with Gasteiger partial charge in [-0.2, -0.15) is 0 Å². The molecule has 5 nitrogen and oxygen atoms in total. The van der Waals surface area contributed by atoms with E-state index in [0.29, 0.717) is 6.54 Å². The predicted molar refractivity (Wildman–Crippen MR) is 69.0 cm³/mol. The van der Waals surface area contributed by atoms with Crippen molar-refractivity contribution >= 4 is 5.95 Å². The SMILES string of the molecule is Cc1cc(CN)nc(N2CCCN(C)CC2)n1. The van der Waals surface area contributed by atoms with Gasteiger partial charge < -0.3 is 15.5 Å². The Morgan fingerprint density at radius 1 is 1.24 bits per heavy atom. The Kier molecular flexibility index (Phi) is 3.91. The summed E-state index contributed by atoms with van der Waals surface area (Å²) in [5.41, 5.74) is 7.57. The van der Waals surface area contributed by atoms with Crippen LogP contribution >= 0.6 is 0 Å². The van der Waals surface area contributed by atoms with Gasteiger partial charge in [0, 0.05) is 31.9 Å². The van der Waals surface area contributed by atoms with Crippen molar-refractivity contribution in [3.8, 4) is 0 Å². The molecule has 2 N–H and O–H groups in total. The quantitative estimate of drug-likeness (QED) is 0.803. The molecule has 0 atom stereocenters. The summed E-state index contributed by atoms with van der Waals surface area (Å²) in [4.78, 5) is 13.6. The van der Waals surface area contributed by atoms with Gasteiger partial charge in [-0.3, -0.25) is 0 Å². The van der Waals surface area contributed by atoms with Gasteiger partial charge in [0.05, 0.1) is 5.69 Å². The third-order valence-electron chi connectivity index (χ3n) is 3.11. The van der Waals surface area contributed by atoms with E-state index < -0.39 is 0 Å². The molecule has 94 valence electrons. The molecule has 0 saturated carbocycles. The van der Waals surface area contributed by atoms with E-state index >= 15 is 0 Å². The lowest BCUT2D eigenvalue weighted by atomic mass is 10.3. The van der Waals surface area contributed by atoms with E-state index in [4.69, 9.17) is 5.73 Å². The Bertz CT molecular complexity index is 379. The minimum atomic E-state index is 0.476. The first-order chi connectivity index (χ1) is 8.19. The topological polar surface area (TPSA) is 58.3 Å². The van der Waals surface area contributed by atoms with Crippen LogP contribution in [0.5, 0.6) is 0 Å². The Balaban J connectivity index is 2.17. The van der Waals surface area contributed by atoms with Gasteiger partial charge in [0.1, 0.15) is 0 Å². The second-order valence-corrected chi connectivity index (χ2v) is 4.65. The van der Waals surface area contributed by atoms with Gasteiger partial charge in [-0.1, -0.05) is 0 Å². The first-order valence-electron chi connectivity index (χ1n) is 6.17. The molecular weight excluding hydrogens is 214 g/mol. The maximum absolute atomic E-state index is 5.65. The minimum Gasteiger partial charge on any atom is -0.339 e. The molecule has 0 spiro atoms.